The molecular weight excluding hydrogens is 340 g/mol. The Labute approximate surface area is 160 Å². The minimum Gasteiger partial charge on any atom is -0.497 e. The molecule has 0 aliphatic carbocycles. The van der Waals surface area contributed by atoms with Crippen LogP contribution in [-0.4, -0.2) is 42.8 Å². The Bertz CT molecular complexity index is 797. The molecule has 0 spiro atoms. The van der Waals surface area contributed by atoms with E-state index in [9.17, 15) is 4.79 Å². The third-order valence-electron chi connectivity index (χ3n) is 4.66. The first-order valence-electron chi connectivity index (χ1n) is 9.33. The first-order chi connectivity index (χ1) is 13.1. The largest absolute Gasteiger partial charge is 0.497 e. The summed E-state index contributed by atoms with van der Waals surface area (Å²) < 4.78 is 5.19. The number of hydrogen-bond acceptors (Lipinski definition) is 4. The van der Waals surface area contributed by atoms with E-state index in [1.54, 1.807) is 7.11 Å². The van der Waals surface area contributed by atoms with Gasteiger partial charge in [0.2, 0.25) is 0 Å². The van der Waals surface area contributed by atoms with Crippen LogP contribution in [0.25, 0.3) is 0 Å². The maximum atomic E-state index is 12.9. The van der Waals surface area contributed by atoms with Crippen molar-refractivity contribution >= 4 is 11.6 Å². The van der Waals surface area contributed by atoms with Gasteiger partial charge in [-0.15, -0.1) is 0 Å². The Morgan fingerprint density at radius 3 is 2.52 bits per heavy atom. The molecule has 1 atom stereocenters. The van der Waals surface area contributed by atoms with Crippen molar-refractivity contribution in [3.8, 4) is 5.75 Å². The average molecular weight is 366 g/mol. The number of rotatable bonds is 7. The lowest BCUT2D eigenvalue weighted by Gasteiger charge is -2.24. The monoisotopic (exact) mass is 366 g/mol. The Morgan fingerprint density at radius 1 is 1.19 bits per heavy atom. The zero-order valence-corrected chi connectivity index (χ0v) is 16.1. The fourth-order valence-electron chi connectivity index (χ4n) is 3.15. The zero-order chi connectivity index (χ0) is 19.2. The van der Waals surface area contributed by atoms with Crippen molar-refractivity contribution in [2.24, 2.45) is 5.16 Å². The van der Waals surface area contributed by atoms with Crippen LogP contribution in [0.15, 0.2) is 53.7 Å². The Balaban J connectivity index is 1.64. The van der Waals surface area contributed by atoms with Crippen LogP contribution in [0, 0.1) is 6.92 Å². The fraction of sp³-hybridized carbons (Fsp3) is 0.364. The number of oxime groups is 1. The molecule has 1 aliphatic heterocycles. The molecule has 0 unspecified atom stereocenters. The third kappa shape index (κ3) is 4.67. The molecule has 0 saturated heterocycles. The van der Waals surface area contributed by atoms with Gasteiger partial charge in [0.25, 0.3) is 5.91 Å². The highest BCUT2D eigenvalue weighted by atomic mass is 16.6. The Kier molecular flexibility index (Phi) is 6.12. The van der Waals surface area contributed by atoms with Gasteiger partial charge in [-0.25, -0.2) is 0 Å². The van der Waals surface area contributed by atoms with E-state index in [1.165, 1.54) is 0 Å². The van der Waals surface area contributed by atoms with Crippen molar-refractivity contribution in [1.82, 2.24) is 4.90 Å². The van der Waals surface area contributed by atoms with Gasteiger partial charge in [-0.05, 0) is 55.3 Å². The molecule has 5 heteroatoms. The fourth-order valence-corrected chi connectivity index (χ4v) is 3.15. The molecule has 0 radical (unpaired) electrons. The lowest BCUT2D eigenvalue weighted by atomic mass is 10.0. The topological polar surface area (TPSA) is 51.1 Å². The minimum absolute atomic E-state index is 0.0401. The first kappa shape index (κ1) is 19.0. The number of benzene rings is 2. The van der Waals surface area contributed by atoms with Gasteiger partial charge in [0.1, 0.15) is 5.75 Å². The predicted octanol–water partition coefficient (Wildman–Crippen LogP) is 4.05. The smallest absolute Gasteiger partial charge is 0.253 e. The SMILES string of the molecule is CCCN(C[C@H]1CC(c2ccc(OC)cc2)=NO1)C(=O)c1ccc(C)cc1. The highest BCUT2D eigenvalue weighted by Crippen LogP contribution is 2.21. The van der Waals surface area contributed by atoms with Crippen molar-refractivity contribution in [2.45, 2.75) is 32.8 Å². The van der Waals surface area contributed by atoms with E-state index in [4.69, 9.17) is 9.57 Å². The van der Waals surface area contributed by atoms with E-state index in [2.05, 4.69) is 12.1 Å². The van der Waals surface area contributed by atoms with Crippen LogP contribution in [0.2, 0.25) is 0 Å². The molecule has 0 N–H and O–H groups in total. The molecule has 0 fully saturated rings. The van der Waals surface area contributed by atoms with E-state index in [0.717, 1.165) is 29.0 Å². The molecule has 1 aliphatic rings. The number of methoxy groups -OCH3 is 1. The second kappa shape index (κ2) is 8.71. The standard InChI is InChI=1S/C22H26N2O3/c1-4-13-24(22(25)18-7-5-16(2)6-8-18)15-20-14-21(23-27-20)17-9-11-19(26-3)12-10-17/h5-12,20H,4,13-15H2,1-3H3/t20-/m1/s1. The molecule has 1 amide bonds. The van der Waals surface area contributed by atoms with Crippen molar-refractivity contribution in [2.75, 3.05) is 20.2 Å². The van der Waals surface area contributed by atoms with Crippen LogP contribution >= 0.6 is 0 Å². The van der Waals surface area contributed by atoms with E-state index in [1.807, 2.05) is 60.4 Å². The second-order valence-corrected chi connectivity index (χ2v) is 6.82. The molecule has 0 saturated carbocycles. The number of nitrogens with zero attached hydrogens (tertiary/aromatic N) is 2. The van der Waals surface area contributed by atoms with Gasteiger partial charge in [0.15, 0.2) is 6.10 Å². The summed E-state index contributed by atoms with van der Waals surface area (Å²) in [5.74, 6) is 0.853. The number of carbonyl (C=O) groups excluding carboxylic acids is 1. The molecule has 142 valence electrons. The number of aryl methyl sites for hydroxylation is 1. The summed E-state index contributed by atoms with van der Waals surface area (Å²) >= 11 is 0. The molecular formula is C22H26N2O3. The van der Waals surface area contributed by atoms with Crippen molar-refractivity contribution in [1.29, 1.82) is 0 Å². The van der Waals surface area contributed by atoms with Crippen LogP contribution in [-0.2, 0) is 4.84 Å². The maximum Gasteiger partial charge on any atom is 0.253 e. The zero-order valence-electron chi connectivity index (χ0n) is 16.1. The van der Waals surface area contributed by atoms with Crippen molar-refractivity contribution < 1.29 is 14.4 Å². The Hall–Kier alpha value is -2.82. The second-order valence-electron chi connectivity index (χ2n) is 6.82. The van der Waals surface area contributed by atoms with Gasteiger partial charge >= 0.3 is 0 Å². The van der Waals surface area contributed by atoms with Gasteiger partial charge in [0, 0.05) is 18.5 Å². The number of ether oxygens (including phenoxy) is 1. The normalized spacial score (nSPS) is 15.8. The summed E-state index contributed by atoms with van der Waals surface area (Å²) in [4.78, 5) is 20.4. The summed E-state index contributed by atoms with van der Waals surface area (Å²) in [5.41, 5.74) is 3.78. The van der Waals surface area contributed by atoms with Gasteiger partial charge in [-0.2, -0.15) is 0 Å². The van der Waals surface area contributed by atoms with E-state index >= 15 is 0 Å². The summed E-state index contributed by atoms with van der Waals surface area (Å²) in [6.45, 7) is 5.32. The highest BCUT2D eigenvalue weighted by Gasteiger charge is 2.27. The molecule has 27 heavy (non-hydrogen) atoms. The molecule has 2 aromatic carbocycles. The predicted molar refractivity (Wildman–Crippen MR) is 106 cm³/mol. The lowest BCUT2D eigenvalue weighted by molar-refractivity contribution is 0.0423. The van der Waals surface area contributed by atoms with Crippen LogP contribution in [0.3, 0.4) is 0 Å². The molecule has 0 aromatic heterocycles. The van der Waals surface area contributed by atoms with Crippen LogP contribution in [0.1, 0.15) is 41.3 Å². The average Bonchev–Trinajstić information content (AvgIpc) is 3.16. The van der Waals surface area contributed by atoms with Crippen LogP contribution in [0.4, 0.5) is 0 Å². The molecule has 2 aromatic rings. The quantitative estimate of drug-likeness (QED) is 0.743. The minimum atomic E-state index is -0.122. The molecule has 5 nitrogen and oxygen atoms in total. The number of hydrogen-bond donors (Lipinski definition) is 0. The lowest BCUT2D eigenvalue weighted by Crippen LogP contribution is -2.38. The van der Waals surface area contributed by atoms with E-state index in [-0.39, 0.29) is 12.0 Å². The summed E-state index contributed by atoms with van der Waals surface area (Å²) in [5, 5.41) is 4.24. The number of carbonyl (C=O) groups is 1. The number of amides is 1. The van der Waals surface area contributed by atoms with Crippen LogP contribution < -0.4 is 4.74 Å². The third-order valence-corrected chi connectivity index (χ3v) is 4.66. The van der Waals surface area contributed by atoms with E-state index in [0.29, 0.717) is 25.1 Å². The first-order valence-corrected chi connectivity index (χ1v) is 9.33. The van der Waals surface area contributed by atoms with E-state index < -0.39 is 0 Å². The van der Waals surface area contributed by atoms with Gasteiger partial charge in [-0.1, -0.05) is 29.8 Å². The molecule has 0 bridgehead atoms. The Morgan fingerprint density at radius 2 is 1.89 bits per heavy atom. The van der Waals surface area contributed by atoms with Crippen LogP contribution in [0.5, 0.6) is 5.75 Å². The van der Waals surface area contributed by atoms with Crippen molar-refractivity contribution in [3.05, 3.63) is 65.2 Å². The summed E-state index contributed by atoms with van der Waals surface area (Å²) in [7, 11) is 1.65. The molecule has 1 heterocycles. The summed E-state index contributed by atoms with van der Waals surface area (Å²) in [6.07, 6.45) is 1.47. The van der Waals surface area contributed by atoms with Gasteiger partial charge < -0.3 is 14.5 Å². The van der Waals surface area contributed by atoms with Gasteiger partial charge in [0.05, 0.1) is 19.4 Å². The van der Waals surface area contributed by atoms with Crippen molar-refractivity contribution in [3.63, 3.8) is 0 Å². The van der Waals surface area contributed by atoms with Gasteiger partial charge in [-0.3, -0.25) is 4.79 Å². The highest BCUT2D eigenvalue weighted by molar-refractivity contribution is 6.01. The maximum absolute atomic E-state index is 12.9. The molecule has 3 rings (SSSR count). The summed E-state index contributed by atoms with van der Waals surface area (Å²) in [6, 6.07) is 15.5.